The van der Waals surface area contributed by atoms with E-state index in [1.54, 1.807) is 0 Å². The van der Waals surface area contributed by atoms with Crippen molar-refractivity contribution in [1.82, 2.24) is 0 Å². The van der Waals surface area contributed by atoms with Crippen LogP contribution in [0.2, 0.25) is 0 Å². The number of nitrogens with one attached hydrogen (secondary N) is 1. The van der Waals surface area contributed by atoms with Crippen LogP contribution in [-0.4, -0.2) is 6.54 Å². The Morgan fingerprint density at radius 3 is 2.88 bits per heavy atom. The minimum absolute atomic E-state index is 0.974. The molecular formula is C13H14BrNS. The second-order valence-electron chi connectivity index (χ2n) is 3.74. The monoisotopic (exact) mass is 295 g/mol. The first-order chi connectivity index (χ1) is 7.75. The van der Waals surface area contributed by atoms with Crippen LogP contribution in [0, 0.1) is 6.92 Å². The van der Waals surface area contributed by atoms with E-state index in [-0.39, 0.29) is 0 Å². The van der Waals surface area contributed by atoms with E-state index in [1.165, 1.54) is 16.1 Å². The Morgan fingerprint density at radius 1 is 1.31 bits per heavy atom. The fourth-order valence-electron chi connectivity index (χ4n) is 1.54. The molecule has 0 fully saturated rings. The summed E-state index contributed by atoms with van der Waals surface area (Å²) in [5.74, 6) is 0. The average molecular weight is 296 g/mol. The predicted octanol–water partition coefficient (Wildman–Crippen LogP) is 4.47. The maximum absolute atomic E-state index is 3.57. The molecule has 1 nitrogen and oxygen atoms in total. The minimum atomic E-state index is 0.974. The Bertz CT molecular complexity index is 451. The van der Waals surface area contributed by atoms with E-state index >= 15 is 0 Å². The molecule has 0 saturated carbocycles. The largest absolute Gasteiger partial charge is 0.384 e. The summed E-state index contributed by atoms with van der Waals surface area (Å²) in [6.07, 6.45) is 1.08. The molecule has 1 heterocycles. The van der Waals surface area contributed by atoms with Gasteiger partial charge in [0.25, 0.3) is 0 Å². The van der Waals surface area contributed by atoms with Crippen LogP contribution in [-0.2, 0) is 6.42 Å². The van der Waals surface area contributed by atoms with Gasteiger partial charge in [-0.15, -0.1) is 11.3 Å². The van der Waals surface area contributed by atoms with Crippen molar-refractivity contribution in [2.75, 3.05) is 11.9 Å². The average Bonchev–Trinajstić information content (AvgIpc) is 2.74. The first-order valence-electron chi connectivity index (χ1n) is 5.28. The Balaban J connectivity index is 1.90. The van der Waals surface area contributed by atoms with Crippen molar-refractivity contribution in [3.63, 3.8) is 0 Å². The fourth-order valence-corrected chi connectivity index (χ4v) is 2.88. The quantitative estimate of drug-likeness (QED) is 0.877. The van der Waals surface area contributed by atoms with Crippen molar-refractivity contribution < 1.29 is 0 Å². The molecule has 1 aromatic heterocycles. The summed E-state index contributed by atoms with van der Waals surface area (Å²) in [4.78, 5) is 1.43. The SMILES string of the molecule is Cc1ccc(NCCc2cccs2)c(Br)c1. The van der Waals surface area contributed by atoms with Crippen LogP contribution in [0.3, 0.4) is 0 Å². The van der Waals surface area contributed by atoms with E-state index in [0.717, 1.165) is 17.4 Å². The van der Waals surface area contributed by atoms with Crippen LogP contribution < -0.4 is 5.32 Å². The number of halogens is 1. The summed E-state index contributed by atoms with van der Waals surface area (Å²) in [6, 6.07) is 10.7. The third-order valence-electron chi connectivity index (χ3n) is 2.39. The summed E-state index contributed by atoms with van der Waals surface area (Å²) in [6.45, 7) is 3.07. The number of aryl methyl sites for hydroxylation is 1. The van der Waals surface area contributed by atoms with E-state index in [0.29, 0.717) is 0 Å². The van der Waals surface area contributed by atoms with Crippen molar-refractivity contribution in [1.29, 1.82) is 0 Å². The molecule has 0 radical (unpaired) electrons. The van der Waals surface area contributed by atoms with Gasteiger partial charge in [-0.3, -0.25) is 0 Å². The van der Waals surface area contributed by atoms with Crippen molar-refractivity contribution >= 4 is 33.0 Å². The van der Waals surface area contributed by atoms with Gasteiger partial charge < -0.3 is 5.32 Å². The predicted molar refractivity (Wildman–Crippen MR) is 75.4 cm³/mol. The van der Waals surface area contributed by atoms with E-state index in [9.17, 15) is 0 Å². The summed E-state index contributed by atoms with van der Waals surface area (Å²) in [5.41, 5.74) is 2.44. The number of thiophene rings is 1. The normalized spacial score (nSPS) is 10.4. The third-order valence-corrected chi connectivity index (χ3v) is 3.98. The lowest BCUT2D eigenvalue weighted by molar-refractivity contribution is 1.04. The van der Waals surface area contributed by atoms with Crippen molar-refractivity contribution in [3.8, 4) is 0 Å². The van der Waals surface area contributed by atoms with E-state index in [4.69, 9.17) is 0 Å². The topological polar surface area (TPSA) is 12.0 Å². The van der Waals surface area contributed by atoms with Gasteiger partial charge in [-0.1, -0.05) is 12.1 Å². The zero-order valence-corrected chi connectivity index (χ0v) is 11.6. The zero-order valence-electron chi connectivity index (χ0n) is 9.16. The highest BCUT2D eigenvalue weighted by Gasteiger charge is 1.99. The lowest BCUT2D eigenvalue weighted by atomic mass is 10.2. The standard InChI is InChI=1S/C13H14BrNS/c1-10-4-5-13(12(14)9-10)15-7-6-11-3-2-8-16-11/h2-5,8-9,15H,6-7H2,1H3. The Hall–Kier alpha value is -0.800. The maximum Gasteiger partial charge on any atom is 0.0484 e. The van der Waals surface area contributed by atoms with Crippen molar-refractivity contribution in [3.05, 3.63) is 50.6 Å². The van der Waals surface area contributed by atoms with Crippen LogP contribution in [0.25, 0.3) is 0 Å². The molecule has 3 heteroatoms. The molecule has 84 valence electrons. The third kappa shape index (κ3) is 3.09. The van der Waals surface area contributed by atoms with Gasteiger partial charge in [-0.05, 0) is 58.4 Å². The Labute approximate surface area is 109 Å². The molecule has 1 N–H and O–H groups in total. The first kappa shape index (κ1) is 11.7. The van der Waals surface area contributed by atoms with Crippen LogP contribution in [0.1, 0.15) is 10.4 Å². The molecule has 2 rings (SSSR count). The highest BCUT2D eigenvalue weighted by atomic mass is 79.9. The van der Waals surface area contributed by atoms with Gasteiger partial charge in [0.1, 0.15) is 0 Å². The number of rotatable bonds is 4. The zero-order chi connectivity index (χ0) is 11.4. The molecule has 0 saturated heterocycles. The number of benzene rings is 1. The van der Waals surface area contributed by atoms with Crippen LogP contribution in [0.15, 0.2) is 40.2 Å². The first-order valence-corrected chi connectivity index (χ1v) is 6.95. The van der Waals surface area contributed by atoms with Crippen LogP contribution in [0.4, 0.5) is 5.69 Å². The Kier molecular flexibility index (Phi) is 4.02. The fraction of sp³-hybridized carbons (Fsp3) is 0.231. The van der Waals surface area contributed by atoms with Gasteiger partial charge >= 0.3 is 0 Å². The molecule has 2 aromatic rings. The molecule has 0 unspecified atom stereocenters. The second-order valence-corrected chi connectivity index (χ2v) is 5.63. The summed E-state index contributed by atoms with van der Waals surface area (Å²) >= 11 is 5.38. The second kappa shape index (κ2) is 5.51. The summed E-state index contributed by atoms with van der Waals surface area (Å²) in [5, 5.41) is 5.56. The Morgan fingerprint density at radius 2 is 2.19 bits per heavy atom. The molecule has 16 heavy (non-hydrogen) atoms. The number of hydrogen-bond donors (Lipinski definition) is 1. The van der Waals surface area contributed by atoms with Crippen molar-refractivity contribution in [2.24, 2.45) is 0 Å². The van der Waals surface area contributed by atoms with E-state index < -0.39 is 0 Å². The van der Waals surface area contributed by atoms with E-state index in [2.05, 4.69) is 63.9 Å². The van der Waals surface area contributed by atoms with Gasteiger partial charge in [0, 0.05) is 21.6 Å². The number of anilines is 1. The summed E-state index contributed by atoms with van der Waals surface area (Å²) < 4.78 is 1.14. The lowest BCUT2D eigenvalue weighted by Gasteiger charge is -2.08. The van der Waals surface area contributed by atoms with Gasteiger partial charge in [0.2, 0.25) is 0 Å². The molecular weight excluding hydrogens is 282 g/mol. The summed E-state index contributed by atoms with van der Waals surface area (Å²) in [7, 11) is 0. The molecule has 0 atom stereocenters. The molecule has 0 bridgehead atoms. The molecule has 0 amide bonds. The molecule has 1 aromatic carbocycles. The van der Waals surface area contributed by atoms with Crippen LogP contribution in [0.5, 0.6) is 0 Å². The van der Waals surface area contributed by atoms with E-state index in [1.807, 2.05) is 11.3 Å². The molecule has 0 aliphatic rings. The van der Waals surface area contributed by atoms with Crippen LogP contribution >= 0.6 is 27.3 Å². The molecule has 0 aliphatic heterocycles. The van der Waals surface area contributed by atoms with Gasteiger partial charge in [0.15, 0.2) is 0 Å². The molecule has 0 spiro atoms. The highest BCUT2D eigenvalue weighted by molar-refractivity contribution is 9.10. The minimum Gasteiger partial charge on any atom is -0.384 e. The molecule has 0 aliphatic carbocycles. The smallest absolute Gasteiger partial charge is 0.0484 e. The maximum atomic E-state index is 3.57. The highest BCUT2D eigenvalue weighted by Crippen LogP contribution is 2.23. The van der Waals surface area contributed by atoms with Gasteiger partial charge in [0.05, 0.1) is 0 Å². The lowest BCUT2D eigenvalue weighted by Crippen LogP contribution is -2.04. The van der Waals surface area contributed by atoms with Crippen molar-refractivity contribution in [2.45, 2.75) is 13.3 Å². The number of hydrogen-bond acceptors (Lipinski definition) is 2. The van der Waals surface area contributed by atoms with Gasteiger partial charge in [-0.25, -0.2) is 0 Å². The van der Waals surface area contributed by atoms with Gasteiger partial charge in [-0.2, -0.15) is 0 Å².